The van der Waals surface area contributed by atoms with Crippen LogP contribution < -0.4 is 5.73 Å². The molecule has 0 fully saturated rings. The number of nitrogens with zero attached hydrogens (tertiary/aromatic N) is 1. The largest absolute Gasteiger partial charge is 0.328 e. The molecule has 2 nitrogen and oxygen atoms in total. The fraction of sp³-hybridized carbons (Fsp3) is 0.364. The monoisotopic (exact) mass is 174 g/mol. The molecule has 0 saturated heterocycles. The predicted molar refractivity (Wildman–Crippen MR) is 55.6 cm³/mol. The summed E-state index contributed by atoms with van der Waals surface area (Å²) in [5, 5.41) is 0. The van der Waals surface area contributed by atoms with Crippen LogP contribution in [0.15, 0.2) is 40.6 Å². The van der Waals surface area contributed by atoms with Crippen molar-refractivity contribution in [1.82, 2.24) is 0 Å². The second kappa shape index (κ2) is 3.30. The Labute approximate surface area is 78.5 Å². The van der Waals surface area contributed by atoms with Crippen LogP contribution in [-0.2, 0) is 0 Å². The average Bonchev–Trinajstić information content (AvgIpc) is 2.48. The van der Waals surface area contributed by atoms with Crippen molar-refractivity contribution in [1.29, 1.82) is 0 Å². The van der Waals surface area contributed by atoms with E-state index in [-0.39, 0.29) is 6.04 Å². The van der Waals surface area contributed by atoms with Crippen LogP contribution in [-0.4, -0.2) is 11.8 Å². The Bertz CT molecular complexity index is 330. The highest BCUT2D eigenvalue weighted by Gasteiger charge is 2.18. The highest BCUT2D eigenvalue weighted by molar-refractivity contribution is 6.08. The summed E-state index contributed by atoms with van der Waals surface area (Å²) in [6, 6.07) is 0.215. The summed E-state index contributed by atoms with van der Waals surface area (Å²) in [6.45, 7) is 2.03. The van der Waals surface area contributed by atoms with E-state index in [2.05, 4.69) is 23.2 Å². The molecule has 0 aromatic rings. The van der Waals surface area contributed by atoms with Gasteiger partial charge >= 0.3 is 0 Å². The molecule has 1 aliphatic heterocycles. The summed E-state index contributed by atoms with van der Waals surface area (Å²) in [5.74, 6) is 0. The molecule has 1 aliphatic carbocycles. The minimum absolute atomic E-state index is 0.215. The number of aliphatic imine (C=N–C) groups is 1. The van der Waals surface area contributed by atoms with Crippen LogP contribution in [0.2, 0.25) is 0 Å². The van der Waals surface area contributed by atoms with Crippen LogP contribution >= 0.6 is 0 Å². The van der Waals surface area contributed by atoms with E-state index in [1.165, 1.54) is 16.9 Å². The fourth-order valence-corrected chi connectivity index (χ4v) is 1.70. The van der Waals surface area contributed by atoms with Crippen molar-refractivity contribution in [2.24, 2.45) is 10.7 Å². The maximum absolute atomic E-state index is 5.76. The van der Waals surface area contributed by atoms with Crippen LogP contribution in [0, 0.1) is 0 Å². The molecule has 0 amide bonds. The van der Waals surface area contributed by atoms with Crippen molar-refractivity contribution in [3.05, 3.63) is 35.6 Å². The van der Waals surface area contributed by atoms with Gasteiger partial charge in [0.2, 0.25) is 0 Å². The van der Waals surface area contributed by atoms with Gasteiger partial charge in [-0.1, -0.05) is 18.2 Å². The normalized spacial score (nSPS) is 21.8. The van der Waals surface area contributed by atoms with Gasteiger partial charge in [-0.2, -0.15) is 0 Å². The summed E-state index contributed by atoms with van der Waals surface area (Å²) >= 11 is 0. The first-order valence-corrected chi connectivity index (χ1v) is 4.66. The lowest BCUT2D eigenvalue weighted by molar-refractivity contribution is 0.739. The molecule has 13 heavy (non-hydrogen) atoms. The number of rotatable bonds is 2. The van der Waals surface area contributed by atoms with Gasteiger partial charge in [0.1, 0.15) is 0 Å². The van der Waals surface area contributed by atoms with Gasteiger partial charge in [0, 0.05) is 24.2 Å². The van der Waals surface area contributed by atoms with E-state index in [1.807, 2.05) is 13.1 Å². The maximum Gasteiger partial charge on any atom is 0.0517 e. The molecule has 2 rings (SSSR count). The number of hydrogen-bond donors (Lipinski definition) is 1. The van der Waals surface area contributed by atoms with Gasteiger partial charge in [0.15, 0.2) is 0 Å². The van der Waals surface area contributed by atoms with Crippen molar-refractivity contribution < 1.29 is 0 Å². The van der Waals surface area contributed by atoms with Gasteiger partial charge in [-0.05, 0) is 18.9 Å². The average molecular weight is 174 g/mol. The zero-order chi connectivity index (χ0) is 9.26. The molecule has 68 valence electrons. The molecular weight excluding hydrogens is 160 g/mol. The summed E-state index contributed by atoms with van der Waals surface area (Å²) in [4.78, 5) is 4.37. The molecule has 0 spiro atoms. The molecule has 2 heteroatoms. The first-order chi connectivity index (χ1) is 6.27. The molecule has 1 heterocycles. The standard InChI is InChI=1S/C11H14N2/c1-8(12)6-9-7-13-11-5-3-2-4-10(9)11/h2-4,7-8H,5-6,12H2,1H3. The predicted octanol–water partition coefficient (Wildman–Crippen LogP) is 1.95. The van der Waals surface area contributed by atoms with Crippen LogP contribution in [0.5, 0.6) is 0 Å². The van der Waals surface area contributed by atoms with E-state index in [0.717, 1.165) is 12.8 Å². The minimum Gasteiger partial charge on any atom is -0.328 e. The SMILES string of the molecule is CC(N)CC1=CN=C2CC=CC=C12. The van der Waals surface area contributed by atoms with Crippen LogP contribution in [0.25, 0.3) is 0 Å². The quantitative estimate of drug-likeness (QED) is 0.682. The van der Waals surface area contributed by atoms with Crippen molar-refractivity contribution in [3.8, 4) is 0 Å². The highest BCUT2D eigenvalue weighted by atomic mass is 14.8. The van der Waals surface area contributed by atoms with Crippen LogP contribution in [0.1, 0.15) is 19.8 Å². The zero-order valence-corrected chi connectivity index (χ0v) is 7.83. The third-order valence-electron chi connectivity index (χ3n) is 2.29. The van der Waals surface area contributed by atoms with Crippen molar-refractivity contribution >= 4 is 5.71 Å². The Kier molecular flexibility index (Phi) is 2.15. The Morgan fingerprint density at radius 2 is 2.46 bits per heavy atom. The van der Waals surface area contributed by atoms with Crippen molar-refractivity contribution in [2.75, 3.05) is 0 Å². The van der Waals surface area contributed by atoms with Gasteiger partial charge in [0.05, 0.1) is 5.71 Å². The van der Waals surface area contributed by atoms with Crippen molar-refractivity contribution in [3.63, 3.8) is 0 Å². The molecular formula is C11H14N2. The van der Waals surface area contributed by atoms with Gasteiger partial charge in [0.25, 0.3) is 0 Å². The Morgan fingerprint density at radius 1 is 1.62 bits per heavy atom. The highest BCUT2D eigenvalue weighted by Crippen LogP contribution is 2.26. The summed E-state index contributed by atoms with van der Waals surface area (Å²) in [7, 11) is 0. The second-order valence-electron chi connectivity index (χ2n) is 3.62. The first kappa shape index (κ1) is 8.45. The van der Waals surface area contributed by atoms with E-state index in [9.17, 15) is 0 Å². The molecule has 2 N–H and O–H groups in total. The second-order valence-corrected chi connectivity index (χ2v) is 3.62. The number of hydrogen-bond acceptors (Lipinski definition) is 2. The zero-order valence-electron chi connectivity index (χ0n) is 7.83. The molecule has 0 saturated carbocycles. The minimum atomic E-state index is 0.215. The summed E-state index contributed by atoms with van der Waals surface area (Å²) in [5.41, 5.74) is 9.53. The van der Waals surface area contributed by atoms with Gasteiger partial charge in [-0.25, -0.2) is 0 Å². The lowest BCUT2D eigenvalue weighted by Crippen LogP contribution is -2.16. The van der Waals surface area contributed by atoms with E-state index in [4.69, 9.17) is 5.73 Å². The molecule has 2 aliphatic rings. The van der Waals surface area contributed by atoms with E-state index in [1.54, 1.807) is 0 Å². The number of allylic oxidation sites excluding steroid dienone is 4. The number of nitrogens with two attached hydrogens (primary N) is 1. The van der Waals surface area contributed by atoms with Crippen molar-refractivity contribution in [2.45, 2.75) is 25.8 Å². The van der Waals surface area contributed by atoms with E-state index in [0.29, 0.717) is 0 Å². The van der Waals surface area contributed by atoms with Crippen LogP contribution in [0.4, 0.5) is 0 Å². The Balaban J connectivity index is 2.17. The smallest absolute Gasteiger partial charge is 0.0517 e. The lowest BCUT2D eigenvalue weighted by Gasteiger charge is -2.11. The molecule has 0 aromatic carbocycles. The third kappa shape index (κ3) is 1.63. The number of fused-ring (bicyclic) bond motifs is 1. The molecule has 1 unspecified atom stereocenters. The molecule has 0 radical (unpaired) electrons. The third-order valence-corrected chi connectivity index (χ3v) is 2.29. The molecule has 1 atom stereocenters. The maximum atomic E-state index is 5.76. The van der Waals surface area contributed by atoms with Crippen LogP contribution in [0.3, 0.4) is 0 Å². The Hall–Kier alpha value is -1.15. The first-order valence-electron chi connectivity index (χ1n) is 4.66. The van der Waals surface area contributed by atoms with E-state index >= 15 is 0 Å². The van der Waals surface area contributed by atoms with Gasteiger partial charge in [-0.3, -0.25) is 4.99 Å². The molecule has 0 aromatic heterocycles. The molecule has 0 bridgehead atoms. The summed E-state index contributed by atoms with van der Waals surface area (Å²) < 4.78 is 0. The van der Waals surface area contributed by atoms with E-state index < -0.39 is 0 Å². The summed E-state index contributed by atoms with van der Waals surface area (Å²) in [6.07, 6.45) is 10.2. The Morgan fingerprint density at radius 3 is 3.23 bits per heavy atom. The fourth-order valence-electron chi connectivity index (χ4n) is 1.70. The van der Waals surface area contributed by atoms with Gasteiger partial charge in [-0.15, -0.1) is 0 Å². The lowest BCUT2D eigenvalue weighted by atomic mass is 9.94. The van der Waals surface area contributed by atoms with Gasteiger partial charge < -0.3 is 5.73 Å². The topological polar surface area (TPSA) is 38.4 Å².